The van der Waals surface area contributed by atoms with Crippen molar-refractivity contribution >= 4 is 40.5 Å². The Kier molecular flexibility index (Phi) is 5.48. The van der Waals surface area contributed by atoms with Gasteiger partial charge in [0.05, 0.1) is 27.6 Å². The van der Waals surface area contributed by atoms with Crippen LogP contribution in [0.4, 0.5) is 11.4 Å². The maximum Gasteiger partial charge on any atom is 0.270 e. The van der Waals surface area contributed by atoms with E-state index in [1.165, 1.54) is 0 Å². The van der Waals surface area contributed by atoms with E-state index in [0.717, 1.165) is 5.56 Å². The Morgan fingerprint density at radius 2 is 1.72 bits per heavy atom. The number of halogens is 2. The van der Waals surface area contributed by atoms with Gasteiger partial charge in [-0.1, -0.05) is 29.3 Å². The van der Waals surface area contributed by atoms with Crippen LogP contribution in [0.2, 0.25) is 10.0 Å². The van der Waals surface area contributed by atoms with E-state index in [2.05, 4.69) is 20.6 Å². The van der Waals surface area contributed by atoms with Crippen LogP contribution in [0.1, 0.15) is 16.1 Å². The molecule has 0 aliphatic carbocycles. The zero-order valence-corrected chi connectivity index (χ0v) is 14.6. The van der Waals surface area contributed by atoms with Gasteiger partial charge < -0.3 is 10.6 Å². The van der Waals surface area contributed by atoms with Crippen LogP contribution in [-0.2, 0) is 6.54 Å². The smallest absolute Gasteiger partial charge is 0.270 e. The second-order valence-corrected chi connectivity index (χ2v) is 6.01. The van der Waals surface area contributed by atoms with Gasteiger partial charge in [0, 0.05) is 18.9 Å². The van der Waals surface area contributed by atoms with Crippen LogP contribution in [0.15, 0.2) is 61.1 Å². The van der Waals surface area contributed by atoms with Crippen molar-refractivity contribution < 1.29 is 4.79 Å². The monoisotopic (exact) mass is 372 g/mol. The third-order valence-electron chi connectivity index (χ3n) is 3.43. The minimum Gasteiger partial charge on any atom is -0.352 e. The molecule has 2 N–H and O–H groups in total. The number of hydrogen-bond acceptors (Lipinski definition) is 4. The predicted octanol–water partition coefficient (Wildman–Crippen LogP) is 4.46. The molecule has 5 nitrogen and oxygen atoms in total. The fraction of sp³-hybridized carbons (Fsp3) is 0.0556. The molecular formula is C18H14Cl2N4O. The first-order valence-electron chi connectivity index (χ1n) is 7.47. The van der Waals surface area contributed by atoms with Crippen LogP contribution in [0, 0.1) is 0 Å². The molecule has 3 aromatic rings. The zero-order chi connectivity index (χ0) is 17.6. The van der Waals surface area contributed by atoms with Crippen molar-refractivity contribution in [2.75, 3.05) is 5.32 Å². The number of hydrogen-bond donors (Lipinski definition) is 2. The molecule has 2 aromatic heterocycles. The molecule has 0 saturated heterocycles. The average Bonchev–Trinajstić information content (AvgIpc) is 2.64. The molecule has 0 spiro atoms. The van der Waals surface area contributed by atoms with Gasteiger partial charge in [0.2, 0.25) is 0 Å². The topological polar surface area (TPSA) is 66.9 Å². The largest absolute Gasteiger partial charge is 0.352 e. The van der Waals surface area contributed by atoms with Gasteiger partial charge in [-0.25, -0.2) is 4.98 Å². The lowest BCUT2D eigenvalue weighted by atomic mass is 10.2. The summed E-state index contributed by atoms with van der Waals surface area (Å²) in [4.78, 5) is 20.3. The number of carbonyl (C=O) groups is 1. The highest BCUT2D eigenvalue weighted by Crippen LogP contribution is 2.32. The Hall–Kier alpha value is -2.63. The summed E-state index contributed by atoms with van der Waals surface area (Å²) in [5, 5.41) is 6.92. The Bertz CT molecular complexity index is 850. The van der Waals surface area contributed by atoms with E-state index >= 15 is 0 Å². The van der Waals surface area contributed by atoms with Crippen LogP contribution in [-0.4, -0.2) is 15.9 Å². The SMILES string of the molecule is O=C(NCc1ccncc1)c1ccc(Nc2c(Cl)cccc2Cl)cn1. The van der Waals surface area contributed by atoms with Gasteiger partial charge >= 0.3 is 0 Å². The molecule has 0 radical (unpaired) electrons. The van der Waals surface area contributed by atoms with E-state index in [-0.39, 0.29) is 5.91 Å². The maximum absolute atomic E-state index is 12.1. The number of nitrogens with one attached hydrogen (secondary N) is 2. The Morgan fingerprint density at radius 3 is 2.36 bits per heavy atom. The number of benzene rings is 1. The Labute approximate surface area is 155 Å². The minimum absolute atomic E-state index is 0.251. The summed E-state index contributed by atoms with van der Waals surface area (Å²) >= 11 is 12.2. The third-order valence-corrected chi connectivity index (χ3v) is 4.06. The van der Waals surface area contributed by atoms with Crippen molar-refractivity contribution in [1.29, 1.82) is 0 Å². The zero-order valence-electron chi connectivity index (χ0n) is 13.0. The van der Waals surface area contributed by atoms with E-state index in [4.69, 9.17) is 23.2 Å². The minimum atomic E-state index is -0.251. The number of nitrogens with zero attached hydrogens (tertiary/aromatic N) is 2. The molecule has 126 valence electrons. The highest BCUT2D eigenvalue weighted by Gasteiger charge is 2.09. The first kappa shape index (κ1) is 17.2. The molecule has 0 saturated carbocycles. The van der Waals surface area contributed by atoms with Gasteiger partial charge in [-0.05, 0) is 42.0 Å². The Balaban J connectivity index is 1.64. The average molecular weight is 373 g/mol. The molecule has 0 atom stereocenters. The van der Waals surface area contributed by atoms with Gasteiger partial charge in [0.15, 0.2) is 0 Å². The standard InChI is InChI=1S/C18H14Cl2N4O/c19-14-2-1-3-15(20)17(14)24-13-4-5-16(22-11-13)18(25)23-10-12-6-8-21-9-7-12/h1-9,11,24H,10H2,(H,23,25). The molecule has 7 heteroatoms. The Morgan fingerprint density at radius 1 is 1.00 bits per heavy atom. The van der Waals surface area contributed by atoms with Crippen LogP contribution < -0.4 is 10.6 Å². The third kappa shape index (κ3) is 4.47. The molecule has 0 unspecified atom stereocenters. The number of carbonyl (C=O) groups excluding carboxylic acids is 1. The lowest BCUT2D eigenvalue weighted by Crippen LogP contribution is -2.23. The number of rotatable bonds is 5. The maximum atomic E-state index is 12.1. The summed E-state index contributed by atoms with van der Waals surface area (Å²) in [7, 11) is 0. The van der Waals surface area contributed by atoms with Crippen molar-refractivity contribution in [2.45, 2.75) is 6.54 Å². The number of pyridine rings is 2. The van der Waals surface area contributed by atoms with Gasteiger partial charge in [0.1, 0.15) is 5.69 Å². The lowest BCUT2D eigenvalue weighted by Gasteiger charge is -2.10. The number of anilines is 2. The molecule has 2 heterocycles. The fourth-order valence-electron chi connectivity index (χ4n) is 2.14. The van der Waals surface area contributed by atoms with Gasteiger partial charge in [-0.2, -0.15) is 0 Å². The van der Waals surface area contributed by atoms with Crippen LogP contribution in [0.25, 0.3) is 0 Å². The molecular weight excluding hydrogens is 359 g/mol. The second-order valence-electron chi connectivity index (χ2n) is 5.19. The normalized spacial score (nSPS) is 10.3. The summed E-state index contributed by atoms with van der Waals surface area (Å²) < 4.78 is 0. The van der Waals surface area contributed by atoms with Crippen molar-refractivity contribution in [3.8, 4) is 0 Å². The molecule has 0 fully saturated rings. The number of amides is 1. The molecule has 0 aliphatic heterocycles. The van der Waals surface area contributed by atoms with E-state index in [9.17, 15) is 4.79 Å². The summed E-state index contributed by atoms with van der Waals surface area (Å²) in [6.07, 6.45) is 4.92. The first-order valence-corrected chi connectivity index (χ1v) is 8.23. The van der Waals surface area contributed by atoms with Gasteiger partial charge in [0.25, 0.3) is 5.91 Å². The predicted molar refractivity (Wildman–Crippen MR) is 99.4 cm³/mol. The van der Waals surface area contributed by atoms with Crippen LogP contribution >= 0.6 is 23.2 Å². The molecule has 1 amide bonds. The molecule has 0 aliphatic rings. The molecule has 0 bridgehead atoms. The van der Waals surface area contributed by atoms with Crippen molar-refractivity contribution in [3.63, 3.8) is 0 Å². The molecule has 1 aromatic carbocycles. The quantitative estimate of drug-likeness (QED) is 0.693. The summed E-state index contributed by atoms with van der Waals surface area (Å²) in [5.74, 6) is -0.251. The summed E-state index contributed by atoms with van der Waals surface area (Å²) in [5.41, 5.74) is 2.57. The van der Waals surface area contributed by atoms with E-state index in [1.54, 1.807) is 48.9 Å². The van der Waals surface area contributed by atoms with Crippen molar-refractivity contribution in [3.05, 3.63) is 82.4 Å². The number of para-hydroxylation sites is 1. The molecule has 3 rings (SSSR count). The van der Waals surface area contributed by atoms with Gasteiger partial charge in [-0.15, -0.1) is 0 Å². The van der Waals surface area contributed by atoms with Crippen molar-refractivity contribution in [2.24, 2.45) is 0 Å². The summed E-state index contributed by atoms with van der Waals surface area (Å²) in [6.45, 7) is 0.415. The highest BCUT2D eigenvalue weighted by atomic mass is 35.5. The molecule has 25 heavy (non-hydrogen) atoms. The van der Waals surface area contributed by atoms with Gasteiger partial charge in [-0.3, -0.25) is 9.78 Å². The number of aromatic nitrogens is 2. The summed E-state index contributed by atoms with van der Waals surface area (Å²) in [6, 6.07) is 12.3. The highest BCUT2D eigenvalue weighted by molar-refractivity contribution is 6.39. The van der Waals surface area contributed by atoms with Crippen LogP contribution in [0.3, 0.4) is 0 Å². The fourth-order valence-corrected chi connectivity index (χ4v) is 2.63. The van der Waals surface area contributed by atoms with Crippen LogP contribution in [0.5, 0.6) is 0 Å². The lowest BCUT2D eigenvalue weighted by molar-refractivity contribution is 0.0946. The van der Waals surface area contributed by atoms with E-state index < -0.39 is 0 Å². The van der Waals surface area contributed by atoms with E-state index in [0.29, 0.717) is 33.7 Å². The van der Waals surface area contributed by atoms with E-state index in [1.807, 2.05) is 12.1 Å². The van der Waals surface area contributed by atoms with Crippen molar-refractivity contribution in [1.82, 2.24) is 15.3 Å². The first-order chi connectivity index (χ1) is 12.1. The second kappa shape index (κ2) is 7.96.